The fourth-order valence-electron chi connectivity index (χ4n) is 1.70. The van der Waals surface area contributed by atoms with E-state index in [-0.39, 0.29) is 11.6 Å². The minimum Gasteiger partial charge on any atom is -0.508 e. The second-order valence-electron chi connectivity index (χ2n) is 4.48. The van der Waals surface area contributed by atoms with Crippen LogP contribution in [0.5, 0.6) is 5.75 Å². The quantitative estimate of drug-likeness (QED) is 0.832. The van der Waals surface area contributed by atoms with Gasteiger partial charge in [-0.15, -0.1) is 0 Å². The monoisotopic (exact) mass is 225 g/mol. The predicted molar refractivity (Wildman–Crippen MR) is 63.9 cm³/mol. The molecule has 1 N–H and O–H groups in total. The van der Waals surface area contributed by atoms with E-state index in [0.29, 0.717) is 18.0 Å². The first-order chi connectivity index (χ1) is 7.52. The molecule has 90 valence electrons. The molecule has 0 heterocycles. The number of rotatable bonds is 5. The molecule has 16 heavy (non-hydrogen) atoms. The van der Waals surface area contributed by atoms with Crippen LogP contribution in [-0.4, -0.2) is 23.6 Å². The number of hydrogen-bond donors (Lipinski definition) is 1. The van der Waals surface area contributed by atoms with E-state index in [1.807, 2.05) is 7.05 Å². The summed E-state index contributed by atoms with van der Waals surface area (Å²) >= 11 is 0. The van der Waals surface area contributed by atoms with Gasteiger partial charge in [0, 0.05) is 18.7 Å². The van der Waals surface area contributed by atoms with Crippen LogP contribution in [0, 0.1) is 11.7 Å². The van der Waals surface area contributed by atoms with Crippen LogP contribution in [0.1, 0.15) is 25.8 Å². The van der Waals surface area contributed by atoms with E-state index in [1.165, 1.54) is 18.2 Å². The molecule has 0 spiro atoms. The highest BCUT2D eigenvalue weighted by Gasteiger charge is 2.08. The van der Waals surface area contributed by atoms with Gasteiger partial charge in [0.1, 0.15) is 11.6 Å². The second kappa shape index (κ2) is 5.85. The minimum atomic E-state index is -0.301. The molecule has 1 rings (SSSR count). The molecule has 0 bridgehead atoms. The Kier molecular flexibility index (Phi) is 4.74. The van der Waals surface area contributed by atoms with Gasteiger partial charge >= 0.3 is 0 Å². The van der Waals surface area contributed by atoms with Gasteiger partial charge in [-0.1, -0.05) is 20.3 Å². The summed E-state index contributed by atoms with van der Waals surface area (Å²) in [5, 5.41) is 9.58. The molecular weight excluding hydrogens is 205 g/mol. The van der Waals surface area contributed by atoms with Gasteiger partial charge < -0.3 is 10.0 Å². The van der Waals surface area contributed by atoms with Crippen molar-refractivity contribution in [3.63, 3.8) is 0 Å². The maximum atomic E-state index is 13.0. The first-order valence-corrected chi connectivity index (χ1v) is 5.68. The summed E-state index contributed by atoms with van der Waals surface area (Å²) in [6, 6.07) is 4.07. The van der Waals surface area contributed by atoms with Crippen LogP contribution in [0.4, 0.5) is 4.39 Å². The summed E-state index contributed by atoms with van der Waals surface area (Å²) in [6.07, 6.45) is 1.12. The Hall–Kier alpha value is -1.09. The van der Waals surface area contributed by atoms with Gasteiger partial charge in [-0.25, -0.2) is 4.39 Å². The van der Waals surface area contributed by atoms with E-state index in [4.69, 9.17) is 0 Å². The third-order valence-electron chi connectivity index (χ3n) is 2.80. The highest BCUT2D eigenvalue weighted by Crippen LogP contribution is 2.19. The lowest BCUT2D eigenvalue weighted by molar-refractivity contribution is 0.271. The maximum Gasteiger partial charge on any atom is 0.123 e. The molecule has 0 radical (unpaired) electrons. The first-order valence-electron chi connectivity index (χ1n) is 5.68. The molecule has 0 aliphatic rings. The largest absolute Gasteiger partial charge is 0.508 e. The number of phenolic OH excluding ortho intramolecular Hbond substituents is 1. The van der Waals surface area contributed by atoms with Crippen LogP contribution in [-0.2, 0) is 6.54 Å². The molecule has 3 heteroatoms. The van der Waals surface area contributed by atoms with Gasteiger partial charge in [-0.05, 0) is 31.2 Å². The Labute approximate surface area is 96.7 Å². The number of hydrogen-bond acceptors (Lipinski definition) is 2. The summed E-state index contributed by atoms with van der Waals surface area (Å²) in [6.45, 7) is 5.86. The van der Waals surface area contributed by atoms with Gasteiger partial charge in [-0.3, -0.25) is 0 Å². The van der Waals surface area contributed by atoms with Crippen LogP contribution in [0.25, 0.3) is 0 Å². The molecule has 0 aliphatic heterocycles. The number of aromatic hydroxyl groups is 1. The maximum absolute atomic E-state index is 13.0. The van der Waals surface area contributed by atoms with Crippen molar-refractivity contribution < 1.29 is 9.50 Å². The molecule has 1 aromatic carbocycles. The Balaban J connectivity index is 2.61. The zero-order chi connectivity index (χ0) is 12.1. The summed E-state index contributed by atoms with van der Waals surface area (Å²) in [4.78, 5) is 2.10. The first kappa shape index (κ1) is 13.0. The smallest absolute Gasteiger partial charge is 0.123 e. The third-order valence-corrected chi connectivity index (χ3v) is 2.80. The molecule has 0 aliphatic carbocycles. The summed E-state index contributed by atoms with van der Waals surface area (Å²) in [7, 11) is 1.98. The number of nitrogens with zero attached hydrogens (tertiary/aromatic N) is 1. The van der Waals surface area contributed by atoms with Crippen molar-refractivity contribution in [1.29, 1.82) is 0 Å². The molecule has 0 fully saturated rings. The summed E-state index contributed by atoms with van der Waals surface area (Å²) < 4.78 is 13.0. The zero-order valence-corrected chi connectivity index (χ0v) is 10.2. The molecule has 0 saturated heterocycles. The lowest BCUT2D eigenvalue weighted by atomic mass is 10.1. The van der Waals surface area contributed by atoms with Gasteiger partial charge in [0.05, 0.1) is 0 Å². The Morgan fingerprint density at radius 1 is 1.44 bits per heavy atom. The molecule has 1 unspecified atom stereocenters. The molecule has 0 saturated carbocycles. The average molecular weight is 225 g/mol. The molecule has 0 aromatic heterocycles. The van der Waals surface area contributed by atoms with Crippen molar-refractivity contribution >= 4 is 0 Å². The topological polar surface area (TPSA) is 23.5 Å². The summed E-state index contributed by atoms with van der Waals surface area (Å²) in [5.41, 5.74) is 0.644. The summed E-state index contributed by atoms with van der Waals surface area (Å²) in [5.74, 6) is 0.475. The molecule has 2 nitrogen and oxygen atoms in total. The van der Waals surface area contributed by atoms with Crippen molar-refractivity contribution in [2.45, 2.75) is 26.8 Å². The minimum absolute atomic E-state index is 0.164. The number of benzene rings is 1. The zero-order valence-electron chi connectivity index (χ0n) is 10.2. The van der Waals surface area contributed by atoms with Crippen molar-refractivity contribution in [3.8, 4) is 5.75 Å². The van der Waals surface area contributed by atoms with Crippen LogP contribution in [0.15, 0.2) is 18.2 Å². The van der Waals surface area contributed by atoms with Gasteiger partial charge in [0.2, 0.25) is 0 Å². The highest BCUT2D eigenvalue weighted by molar-refractivity contribution is 5.32. The Morgan fingerprint density at radius 2 is 2.12 bits per heavy atom. The predicted octanol–water partition coefficient (Wildman–Crippen LogP) is 3.01. The fraction of sp³-hybridized carbons (Fsp3) is 0.538. The van der Waals surface area contributed by atoms with Crippen molar-refractivity contribution in [1.82, 2.24) is 4.90 Å². The number of halogens is 1. The molecule has 0 amide bonds. The van der Waals surface area contributed by atoms with Crippen LogP contribution in [0.3, 0.4) is 0 Å². The number of phenols is 1. The third kappa shape index (κ3) is 3.81. The highest BCUT2D eigenvalue weighted by atomic mass is 19.1. The van der Waals surface area contributed by atoms with E-state index >= 15 is 0 Å². The SMILES string of the molecule is CCC(C)CN(C)Cc1cc(F)ccc1O. The van der Waals surface area contributed by atoms with E-state index in [9.17, 15) is 9.50 Å². The van der Waals surface area contributed by atoms with Crippen LogP contribution >= 0.6 is 0 Å². The van der Waals surface area contributed by atoms with E-state index < -0.39 is 0 Å². The molecule has 1 atom stereocenters. The van der Waals surface area contributed by atoms with Crippen molar-refractivity contribution in [2.75, 3.05) is 13.6 Å². The van der Waals surface area contributed by atoms with Gasteiger partial charge in [0.25, 0.3) is 0 Å². The van der Waals surface area contributed by atoms with E-state index in [0.717, 1.165) is 13.0 Å². The van der Waals surface area contributed by atoms with Crippen molar-refractivity contribution in [2.24, 2.45) is 5.92 Å². The van der Waals surface area contributed by atoms with Crippen molar-refractivity contribution in [3.05, 3.63) is 29.6 Å². The van der Waals surface area contributed by atoms with Gasteiger partial charge in [0.15, 0.2) is 0 Å². The lowest BCUT2D eigenvalue weighted by Crippen LogP contribution is -2.23. The lowest BCUT2D eigenvalue weighted by Gasteiger charge is -2.20. The Bertz CT molecular complexity index is 341. The molecular formula is C13H20FNO. The van der Waals surface area contributed by atoms with Crippen LogP contribution in [0.2, 0.25) is 0 Å². The molecule has 1 aromatic rings. The average Bonchev–Trinajstić information content (AvgIpc) is 2.23. The van der Waals surface area contributed by atoms with E-state index in [2.05, 4.69) is 18.7 Å². The second-order valence-corrected chi connectivity index (χ2v) is 4.48. The normalized spacial score (nSPS) is 13.1. The standard InChI is InChI=1S/C13H20FNO/c1-4-10(2)8-15(3)9-11-7-12(14)5-6-13(11)16/h5-7,10,16H,4,8-9H2,1-3H3. The van der Waals surface area contributed by atoms with Gasteiger partial charge in [-0.2, -0.15) is 0 Å². The van der Waals surface area contributed by atoms with E-state index in [1.54, 1.807) is 0 Å². The fourth-order valence-corrected chi connectivity index (χ4v) is 1.70. The van der Waals surface area contributed by atoms with Crippen LogP contribution < -0.4 is 0 Å². The Morgan fingerprint density at radius 3 is 2.75 bits per heavy atom.